The van der Waals surface area contributed by atoms with E-state index in [1.165, 1.54) is 0 Å². The summed E-state index contributed by atoms with van der Waals surface area (Å²) in [6.45, 7) is 5.92. The van der Waals surface area contributed by atoms with Crippen molar-refractivity contribution < 1.29 is 4.79 Å². The van der Waals surface area contributed by atoms with E-state index in [-0.39, 0.29) is 30.7 Å². The molecule has 1 aromatic heterocycles. The normalized spacial score (nSPS) is 14.5. The number of aryl methyl sites for hydroxylation is 1. The fourth-order valence-electron chi connectivity index (χ4n) is 2.73. The molecule has 2 rings (SSSR count). The van der Waals surface area contributed by atoms with E-state index in [1.807, 2.05) is 26.2 Å². The van der Waals surface area contributed by atoms with Crippen LogP contribution in [0.5, 0.6) is 0 Å². The summed E-state index contributed by atoms with van der Waals surface area (Å²) in [6.07, 6.45) is 5.83. The Morgan fingerprint density at radius 3 is 2.71 bits per heavy atom. The number of pyridine rings is 1. The maximum Gasteiger partial charge on any atom is 0.234 e. The smallest absolute Gasteiger partial charge is 0.234 e. The summed E-state index contributed by atoms with van der Waals surface area (Å²) < 4.78 is 0. The maximum atomic E-state index is 12.0. The van der Waals surface area contributed by atoms with Gasteiger partial charge < -0.3 is 16.0 Å². The number of hydrogen-bond acceptors (Lipinski definition) is 5. The molecule has 138 valence electrons. The lowest BCUT2D eigenvalue weighted by Crippen LogP contribution is -2.45. The first-order valence-corrected chi connectivity index (χ1v) is 7.99. The summed E-state index contributed by atoms with van der Waals surface area (Å²) in [6, 6.07) is 2.46. The zero-order valence-electron chi connectivity index (χ0n) is 14.4. The predicted molar refractivity (Wildman–Crippen MR) is 103 cm³/mol. The zero-order valence-corrected chi connectivity index (χ0v) is 16.0. The third-order valence-corrected chi connectivity index (χ3v) is 4.11. The molecule has 3 N–H and O–H groups in total. The van der Waals surface area contributed by atoms with Crippen LogP contribution in [-0.2, 0) is 4.79 Å². The van der Waals surface area contributed by atoms with Gasteiger partial charge in [0.1, 0.15) is 0 Å². The van der Waals surface area contributed by atoms with Gasteiger partial charge in [0.05, 0.1) is 6.54 Å². The van der Waals surface area contributed by atoms with Crippen LogP contribution in [0, 0.1) is 6.92 Å². The average molecular weight is 378 g/mol. The molecule has 1 aromatic rings. The number of anilines is 1. The highest BCUT2D eigenvalue weighted by Crippen LogP contribution is 2.10. The molecule has 0 aliphatic carbocycles. The Kier molecular flexibility index (Phi) is 11.8. The number of nitrogens with zero attached hydrogens (tertiary/aromatic N) is 2. The summed E-state index contributed by atoms with van der Waals surface area (Å²) >= 11 is 0. The lowest BCUT2D eigenvalue weighted by molar-refractivity contribution is -0.122. The van der Waals surface area contributed by atoms with E-state index in [2.05, 4.69) is 25.8 Å². The molecule has 0 bridgehead atoms. The second-order valence-corrected chi connectivity index (χ2v) is 5.86. The summed E-state index contributed by atoms with van der Waals surface area (Å²) in [5, 5.41) is 9.62. The quantitative estimate of drug-likeness (QED) is 0.627. The Morgan fingerprint density at radius 1 is 1.33 bits per heavy atom. The number of halogens is 2. The van der Waals surface area contributed by atoms with Crippen molar-refractivity contribution in [2.45, 2.75) is 25.8 Å². The molecule has 2 heterocycles. The van der Waals surface area contributed by atoms with Gasteiger partial charge >= 0.3 is 0 Å². The van der Waals surface area contributed by atoms with Crippen molar-refractivity contribution >= 4 is 36.4 Å². The molecule has 0 radical (unpaired) electrons. The molecule has 0 atom stereocenters. The molecule has 8 heteroatoms. The molecular formula is C16H29Cl2N5O. The highest BCUT2D eigenvalue weighted by Gasteiger charge is 2.19. The SMILES string of the molecule is Cc1cnccc1NCCNC(=O)CN(C)C1CCNCC1.Cl.Cl. The van der Waals surface area contributed by atoms with Gasteiger partial charge in [0, 0.05) is 37.2 Å². The standard InChI is InChI=1S/C16H27N5O.2ClH/c1-13-11-18-8-5-15(13)19-9-10-20-16(22)12-21(2)14-3-6-17-7-4-14;;/h5,8,11,14,17H,3-4,6-7,9-10,12H2,1-2H3,(H,18,19)(H,20,22);2*1H. The van der Waals surface area contributed by atoms with Crippen LogP contribution >= 0.6 is 24.8 Å². The van der Waals surface area contributed by atoms with Crippen molar-refractivity contribution in [2.24, 2.45) is 0 Å². The molecule has 0 saturated carbocycles. The summed E-state index contributed by atoms with van der Waals surface area (Å²) in [5.41, 5.74) is 2.18. The Morgan fingerprint density at radius 2 is 2.04 bits per heavy atom. The van der Waals surface area contributed by atoms with E-state index in [1.54, 1.807) is 6.20 Å². The number of nitrogens with one attached hydrogen (secondary N) is 3. The van der Waals surface area contributed by atoms with Crippen LogP contribution in [-0.4, -0.2) is 61.6 Å². The molecule has 0 spiro atoms. The molecule has 1 aliphatic rings. The van der Waals surface area contributed by atoms with Crippen molar-refractivity contribution in [3.8, 4) is 0 Å². The van der Waals surface area contributed by atoms with Gasteiger partial charge in [-0.15, -0.1) is 24.8 Å². The summed E-state index contributed by atoms with van der Waals surface area (Å²) in [5.74, 6) is 0.0919. The van der Waals surface area contributed by atoms with Gasteiger partial charge in [-0.1, -0.05) is 0 Å². The minimum atomic E-state index is 0. The number of aromatic nitrogens is 1. The monoisotopic (exact) mass is 377 g/mol. The molecule has 0 unspecified atom stereocenters. The first kappa shape index (κ1) is 22.9. The topological polar surface area (TPSA) is 69.3 Å². The fraction of sp³-hybridized carbons (Fsp3) is 0.625. The minimum absolute atomic E-state index is 0. The first-order valence-electron chi connectivity index (χ1n) is 7.99. The van der Waals surface area contributed by atoms with E-state index < -0.39 is 0 Å². The van der Waals surface area contributed by atoms with E-state index >= 15 is 0 Å². The highest BCUT2D eigenvalue weighted by atomic mass is 35.5. The van der Waals surface area contributed by atoms with Gasteiger partial charge in [-0.3, -0.25) is 14.7 Å². The number of carbonyl (C=O) groups excluding carboxylic acids is 1. The molecule has 0 aromatic carbocycles. The van der Waals surface area contributed by atoms with Crippen molar-refractivity contribution in [2.75, 3.05) is 45.1 Å². The molecular weight excluding hydrogens is 349 g/mol. The van der Waals surface area contributed by atoms with Gasteiger partial charge in [-0.2, -0.15) is 0 Å². The van der Waals surface area contributed by atoms with Crippen LogP contribution in [0.15, 0.2) is 18.5 Å². The van der Waals surface area contributed by atoms with Crippen molar-refractivity contribution in [1.29, 1.82) is 0 Å². The van der Waals surface area contributed by atoms with Crippen LogP contribution in [0.3, 0.4) is 0 Å². The second kappa shape index (κ2) is 12.3. The maximum absolute atomic E-state index is 12.0. The number of likely N-dealkylation sites (N-methyl/N-ethyl adjacent to an activating group) is 1. The molecule has 1 aliphatic heterocycles. The Balaban J connectivity index is 0.00000264. The highest BCUT2D eigenvalue weighted by molar-refractivity contribution is 5.85. The van der Waals surface area contributed by atoms with Crippen LogP contribution in [0.1, 0.15) is 18.4 Å². The summed E-state index contributed by atoms with van der Waals surface area (Å²) in [4.78, 5) is 18.2. The summed E-state index contributed by atoms with van der Waals surface area (Å²) in [7, 11) is 2.04. The molecule has 1 saturated heterocycles. The molecule has 24 heavy (non-hydrogen) atoms. The van der Waals surface area contributed by atoms with Crippen LogP contribution in [0.2, 0.25) is 0 Å². The second-order valence-electron chi connectivity index (χ2n) is 5.86. The largest absolute Gasteiger partial charge is 0.383 e. The predicted octanol–water partition coefficient (Wildman–Crippen LogP) is 1.45. The van der Waals surface area contributed by atoms with Crippen molar-refractivity contribution in [1.82, 2.24) is 20.5 Å². The fourth-order valence-corrected chi connectivity index (χ4v) is 2.73. The van der Waals surface area contributed by atoms with Crippen LogP contribution in [0.4, 0.5) is 5.69 Å². The lowest BCUT2D eigenvalue weighted by Gasteiger charge is -2.31. The van der Waals surface area contributed by atoms with E-state index in [4.69, 9.17) is 0 Å². The Labute approximate surface area is 157 Å². The van der Waals surface area contributed by atoms with Gasteiger partial charge in [-0.05, 0) is 51.5 Å². The van der Waals surface area contributed by atoms with E-state index in [9.17, 15) is 4.79 Å². The number of carbonyl (C=O) groups is 1. The Hall–Kier alpha value is -1.08. The van der Waals surface area contributed by atoms with Crippen LogP contribution < -0.4 is 16.0 Å². The van der Waals surface area contributed by atoms with E-state index in [0.29, 0.717) is 25.7 Å². The molecule has 1 fully saturated rings. The van der Waals surface area contributed by atoms with Crippen molar-refractivity contribution in [3.05, 3.63) is 24.0 Å². The number of amides is 1. The van der Waals surface area contributed by atoms with Gasteiger partial charge in [0.25, 0.3) is 0 Å². The van der Waals surface area contributed by atoms with Crippen molar-refractivity contribution in [3.63, 3.8) is 0 Å². The minimum Gasteiger partial charge on any atom is -0.383 e. The third-order valence-electron chi connectivity index (χ3n) is 4.11. The van der Waals surface area contributed by atoms with Gasteiger partial charge in [-0.25, -0.2) is 0 Å². The zero-order chi connectivity index (χ0) is 15.8. The lowest BCUT2D eigenvalue weighted by atomic mass is 10.1. The molecule has 1 amide bonds. The van der Waals surface area contributed by atoms with Crippen LogP contribution in [0.25, 0.3) is 0 Å². The number of hydrogen-bond donors (Lipinski definition) is 3. The third kappa shape index (κ3) is 7.66. The van der Waals surface area contributed by atoms with Gasteiger partial charge in [0.2, 0.25) is 5.91 Å². The Bertz CT molecular complexity index is 483. The van der Waals surface area contributed by atoms with Gasteiger partial charge in [0.15, 0.2) is 0 Å². The number of rotatable bonds is 7. The molecule has 6 nitrogen and oxygen atoms in total. The number of piperidine rings is 1. The average Bonchev–Trinajstić information content (AvgIpc) is 2.54. The first-order chi connectivity index (χ1) is 10.7. The van der Waals surface area contributed by atoms with E-state index in [0.717, 1.165) is 37.2 Å².